The third-order valence-corrected chi connectivity index (χ3v) is 3.90. The Balaban J connectivity index is 1.75. The maximum absolute atomic E-state index is 9.78. The summed E-state index contributed by atoms with van der Waals surface area (Å²) in [6, 6.07) is 4.37. The number of rotatable bonds is 5. The number of nitrogens with one attached hydrogen (secondary N) is 3. The highest BCUT2D eigenvalue weighted by molar-refractivity contribution is 7.80. The molecule has 1 aliphatic heterocycles. The van der Waals surface area contributed by atoms with Gasteiger partial charge in [0.1, 0.15) is 24.6 Å². The summed E-state index contributed by atoms with van der Waals surface area (Å²) < 4.78 is 5.32. The van der Waals surface area contributed by atoms with Crippen LogP contribution in [0.3, 0.4) is 0 Å². The first-order valence-electron chi connectivity index (χ1n) is 7.58. The van der Waals surface area contributed by atoms with E-state index in [1.807, 2.05) is 0 Å². The van der Waals surface area contributed by atoms with E-state index in [-0.39, 0.29) is 11.5 Å². The van der Waals surface area contributed by atoms with Crippen molar-refractivity contribution in [3.63, 3.8) is 0 Å². The minimum atomic E-state index is -0.0251. The molecule has 2 rings (SSSR count). The van der Waals surface area contributed by atoms with Gasteiger partial charge in [0.15, 0.2) is 5.11 Å². The molecular weight excluding hydrogens is 316 g/mol. The topological polar surface area (TPSA) is 90.6 Å². The van der Waals surface area contributed by atoms with Crippen molar-refractivity contribution in [2.75, 3.05) is 39.4 Å². The molecule has 1 aromatic rings. The quantitative estimate of drug-likeness (QED) is 0.274. The summed E-state index contributed by atoms with van der Waals surface area (Å²) in [5.74, 6) is -0.0161. The molecule has 0 radical (unpaired) electrons. The number of ether oxygens (including phenoxy) is 1. The van der Waals surface area contributed by atoms with Crippen molar-refractivity contribution in [3.05, 3.63) is 23.8 Å². The molecule has 1 aliphatic rings. The van der Waals surface area contributed by atoms with E-state index in [0.717, 1.165) is 39.4 Å². The second-order valence-corrected chi connectivity index (χ2v) is 5.79. The summed E-state index contributed by atoms with van der Waals surface area (Å²) in [4.78, 5) is 1.50. The molecule has 0 unspecified atom stereocenters. The molecule has 23 heavy (non-hydrogen) atoms. The van der Waals surface area contributed by atoms with Gasteiger partial charge in [-0.1, -0.05) is 0 Å². The summed E-state index contributed by atoms with van der Waals surface area (Å²) >= 11 is 5.18. The van der Waals surface area contributed by atoms with Crippen LogP contribution in [-0.2, 0) is 4.74 Å². The zero-order chi connectivity index (χ0) is 16.7. The number of hydrazone groups is 1. The van der Waals surface area contributed by atoms with Gasteiger partial charge in [0, 0.05) is 11.6 Å². The highest BCUT2D eigenvalue weighted by Crippen LogP contribution is 2.22. The van der Waals surface area contributed by atoms with Gasteiger partial charge in [-0.05, 0) is 31.3 Å². The van der Waals surface area contributed by atoms with E-state index in [4.69, 9.17) is 17.0 Å². The zero-order valence-corrected chi connectivity index (χ0v) is 13.9. The fraction of sp³-hybridized carbons (Fsp3) is 0.467. The number of thiocarbonyl (C=S) groups is 1. The summed E-state index contributed by atoms with van der Waals surface area (Å²) in [5.41, 5.74) is 3.87. The molecule has 0 atom stereocenters. The van der Waals surface area contributed by atoms with Crippen LogP contribution in [0, 0.1) is 0 Å². The van der Waals surface area contributed by atoms with E-state index in [0.29, 0.717) is 16.4 Å². The van der Waals surface area contributed by atoms with Gasteiger partial charge in [0.2, 0.25) is 0 Å². The number of hydrogen-bond acceptors (Lipinski definition) is 5. The molecule has 0 saturated carbocycles. The summed E-state index contributed by atoms with van der Waals surface area (Å²) in [7, 11) is 0. The van der Waals surface area contributed by atoms with E-state index in [2.05, 4.69) is 15.8 Å². The number of morpholine rings is 1. The second-order valence-electron chi connectivity index (χ2n) is 5.38. The lowest BCUT2D eigenvalue weighted by atomic mass is 10.1. The second kappa shape index (κ2) is 8.66. The van der Waals surface area contributed by atoms with Gasteiger partial charge in [-0.25, -0.2) is 0 Å². The lowest BCUT2D eigenvalue weighted by Gasteiger charge is -2.23. The van der Waals surface area contributed by atoms with E-state index in [1.165, 1.54) is 17.0 Å². The Bertz CT molecular complexity index is 574. The number of hydrogen-bond donors (Lipinski definition) is 5. The van der Waals surface area contributed by atoms with Crippen LogP contribution < -0.4 is 15.6 Å². The molecule has 8 heteroatoms. The van der Waals surface area contributed by atoms with Crippen molar-refractivity contribution in [1.29, 1.82) is 0 Å². The van der Waals surface area contributed by atoms with Crippen LogP contribution in [0.4, 0.5) is 0 Å². The molecule has 1 saturated heterocycles. The standard InChI is InChI=1S/C15H22N4O3S/c1-11(13-3-2-12(20)10-14(13)21)17-18-15(23)16-4-5-19-6-8-22-9-7-19/h2-3,10,20-21H,4-9H2,1H3,(H2,16,18,23)/p+1/b17-11+. The van der Waals surface area contributed by atoms with E-state index < -0.39 is 0 Å². The largest absolute Gasteiger partial charge is 0.508 e. The van der Waals surface area contributed by atoms with Crippen LogP contribution in [0.2, 0.25) is 0 Å². The van der Waals surface area contributed by atoms with Gasteiger partial charge in [-0.2, -0.15) is 5.10 Å². The van der Waals surface area contributed by atoms with Gasteiger partial charge in [-0.15, -0.1) is 0 Å². The number of aromatic hydroxyl groups is 2. The molecule has 126 valence electrons. The van der Waals surface area contributed by atoms with Crippen molar-refractivity contribution in [3.8, 4) is 11.5 Å². The van der Waals surface area contributed by atoms with Crippen LogP contribution in [0.5, 0.6) is 11.5 Å². The Labute approximate surface area is 140 Å². The normalized spacial score (nSPS) is 16.1. The van der Waals surface area contributed by atoms with Gasteiger partial charge in [0.05, 0.1) is 32.0 Å². The van der Waals surface area contributed by atoms with E-state index >= 15 is 0 Å². The van der Waals surface area contributed by atoms with E-state index in [1.54, 1.807) is 13.0 Å². The average Bonchev–Trinajstić information content (AvgIpc) is 2.53. The van der Waals surface area contributed by atoms with Crippen molar-refractivity contribution in [1.82, 2.24) is 10.7 Å². The van der Waals surface area contributed by atoms with E-state index in [9.17, 15) is 10.2 Å². The smallest absolute Gasteiger partial charge is 0.187 e. The Morgan fingerprint density at radius 3 is 2.78 bits per heavy atom. The third-order valence-electron chi connectivity index (χ3n) is 3.66. The fourth-order valence-corrected chi connectivity index (χ4v) is 2.47. The summed E-state index contributed by atoms with van der Waals surface area (Å²) in [5, 5.41) is 26.8. The Hall–Kier alpha value is -1.90. The van der Waals surface area contributed by atoms with Gasteiger partial charge < -0.3 is 25.2 Å². The fourth-order valence-electron chi connectivity index (χ4n) is 2.32. The Kier molecular flexibility index (Phi) is 6.57. The van der Waals surface area contributed by atoms with Crippen molar-refractivity contribution in [2.24, 2.45) is 5.10 Å². The van der Waals surface area contributed by atoms with Crippen LogP contribution in [0.25, 0.3) is 0 Å². The van der Waals surface area contributed by atoms with Gasteiger partial charge in [-0.3, -0.25) is 5.43 Å². The van der Waals surface area contributed by atoms with Crippen LogP contribution in [0.15, 0.2) is 23.3 Å². The van der Waals surface area contributed by atoms with Crippen molar-refractivity contribution < 1.29 is 19.8 Å². The monoisotopic (exact) mass is 339 g/mol. The molecular formula is C15H23N4O3S+. The maximum Gasteiger partial charge on any atom is 0.187 e. The predicted octanol–water partition coefficient (Wildman–Crippen LogP) is -0.799. The Morgan fingerprint density at radius 1 is 1.35 bits per heavy atom. The third kappa shape index (κ3) is 5.66. The molecule has 1 fully saturated rings. The summed E-state index contributed by atoms with van der Waals surface area (Å²) in [6.07, 6.45) is 0. The lowest BCUT2D eigenvalue weighted by Crippen LogP contribution is -3.14. The highest BCUT2D eigenvalue weighted by atomic mass is 32.1. The van der Waals surface area contributed by atoms with Crippen LogP contribution in [0.1, 0.15) is 12.5 Å². The number of phenols is 2. The SMILES string of the molecule is C/C(=N\NC(=S)NCC[NH+]1CCOCC1)c1ccc(O)cc1O. The number of quaternary nitrogens is 1. The number of nitrogens with zero attached hydrogens (tertiary/aromatic N) is 1. The van der Waals surface area contributed by atoms with Gasteiger partial charge >= 0.3 is 0 Å². The predicted molar refractivity (Wildman–Crippen MR) is 92.1 cm³/mol. The van der Waals surface area contributed by atoms with Crippen molar-refractivity contribution >= 4 is 23.0 Å². The van der Waals surface area contributed by atoms with Crippen LogP contribution >= 0.6 is 12.2 Å². The van der Waals surface area contributed by atoms with Gasteiger partial charge in [0.25, 0.3) is 0 Å². The molecule has 0 bridgehead atoms. The first-order valence-corrected chi connectivity index (χ1v) is 7.99. The highest BCUT2D eigenvalue weighted by Gasteiger charge is 2.12. The molecule has 5 N–H and O–H groups in total. The molecule has 0 aliphatic carbocycles. The maximum atomic E-state index is 9.78. The molecule has 7 nitrogen and oxygen atoms in total. The van der Waals surface area contributed by atoms with Crippen molar-refractivity contribution in [2.45, 2.75) is 6.92 Å². The minimum Gasteiger partial charge on any atom is -0.508 e. The zero-order valence-electron chi connectivity index (χ0n) is 13.1. The molecule has 0 amide bonds. The molecule has 0 aromatic heterocycles. The minimum absolute atomic E-state index is 0.00908. The Morgan fingerprint density at radius 2 is 2.09 bits per heavy atom. The first kappa shape index (κ1) is 17.5. The molecule has 1 heterocycles. The summed E-state index contributed by atoms with van der Waals surface area (Å²) in [6.45, 7) is 7.18. The first-order chi connectivity index (χ1) is 11.1. The van der Waals surface area contributed by atoms with Crippen LogP contribution in [-0.4, -0.2) is 60.4 Å². The average molecular weight is 339 g/mol. The number of benzene rings is 1. The molecule has 0 spiro atoms. The molecule has 1 aromatic carbocycles. The lowest BCUT2D eigenvalue weighted by molar-refractivity contribution is -0.906. The number of phenolic OH excluding ortho intramolecular Hbond substituents is 2.